The van der Waals surface area contributed by atoms with Gasteiger partial charge in [0.2, 0.25) is 0 Å². The Bertz CT molecular complexity index is 886. The van der Waals surface area contributed by atoms with Crippen LogP contribution in [0.1, 0.15) is 11.1 Å². The van der Waals surface area contributed by atoms with Crippen molar-refractivity contribution < 1.29 is 8.78 Å². The minimum absolute atomic E-state index is 0.163. The number of aromatic nitrogens is 1. The molecule has 0 aliphatic rings. The summed E-state index contributed by atoms with van der Waals surface area (Å²) in [5, 5.41) is 7.38. The Labute approximate surface area is 145 Å². The van der Waals surface area contributed by atoms with Crippen LogP contribution in [0.4, 0.5) is 8.78 Å². The van der Waals surface area contributed by atoms with Crippen LogP contribution in [0.2, 0.25) is 0 Å². The van der Waals surface area contributed by atoms with Crippen molar-refractivity contribution in [2.75, 3.05) is 13.6 Å². The third kappa shape index (κ3) is 4.15. The molecule has 0 saturated carbocycles. The molecule has 3 rings (SSSR count). The number of para-hydroxylation sites is 1. The largest absolute Gasteiger partial charge is 0.361 e. The van der Waals surface area contributed by atoms with Gasteiger partial charge in [-0.2, -0.15) is 0 Å². The number of rotatable bonds is 5. The molecule has 0 saturated heterocycles. The molecule has 0 fully saturated rings. The van der Waals surface area contributed by atoms with E-state index >= 15 is 0 Å². The highest BCUT2D eigenvalue weighted by molar-refractivity contribution is 5.83. The van der Waals surface area contributed by atoms with Gasteiger partial charge in [-0.05, 0) is 36.2 Å². The number of halogens is 2. The van der Waals surface area contributed by atoms with Crippen LogP contribution in [-0.4, -0.2) is 24.5 Å². The van der Waals surface area contributed by atoms with Crippen molar-refractivity contribution in [1.29, 1.82) is 0 Å². The van der Waals surface area contributed by atoms with Crippen molar-refractivity contribution in [3.63, 3.8) is 0 Å². The zero-order valence-corrected chi connectivity index (χ0v) is 13.9. The van der Waals surface area contributed by atoms with E-state index < -0.39 is 11.6 Å². The lowest BCUT2D eigenvalue weighted by atomic mass is 10.1. The van der Waals surface area contributed by atoms with Crippen LogP contribution in [-0.2, 0) is 13.0 Å². The number of H-pyrrole nitrogens is 1. The predicted molar refractivity (Wildman–Crippen MR) is 96.6 cm³/mol. The Balaban J connectivity index is 1.53. The quantitative estimate of drug-likeness (QED) is 0.492. The first-order valence-electron chi connectivity index (χ1n) is 8.11. The molecular formula is C19H20F2N4. The van der Waals surface area contributed by atoms with Gasteiger partial charge in [-0.25, -0.2) is 8.78 Å². The average Bonchev–Trinajstić information content (AvgIpc) is 3.04. The summed E-state index contributed by atoms with van der Waals surface area (Å²) in [4.78, 5) is 7.35. The molecule has 4 nitrogen and oxygen atoms in total. The molecule has 0 unspecified atom stereocenters. The second-order valence-electron chi connectivity index (χ2n) is 5.70. The molecule has 130 valence electrons. The van der Waals surface area contributed by atoms with E-state index in [-0.39, 0.29) is 12.1 Å². The SMILES string of the molecule is CN=C(NCCc1c[nH]c2ccccc12)NCc1cc(F)ccc1F. The normalized spacial score (nSPS) is 11.7. The van der Waals surface area contributed by atoms with Crippen molar-refractivity contribution >= 4 is 16.9 Å². The molecule has 25 heavy (non-hydrogen) atoms. The van der Waals surface area contributed by atoms with Crippen LogP contribution < -0.4 is 10.6 Å². The van der Waals surface area contributed by atoms with Gasteiger partial charge >= 0.3 is 0 Å². The minimum Gasteiger partial charge on any atom is -0.361 e. The first kappa shape index (κ1) is 17.0. The number of aromatic amines is 1. The summed E-state index contributed by atoms with van der Waals surface area (Å²) in [6.45, 7) is 0.837. The van der Waals surface area contributed by atoms with Crippen molar-refractivity contribution in [1.82, 2.24) is 15.6 Å². The zero-order valence-electron chi connectivity index (χ0n) is 13.9. The molecule has 0 bridgehead atoms. The standard InChI is InChI=1S/C19H20F2N4/c1-22-19(25-12-14-10-15(20)6-7-17(14)21)23-9-8-13-11-24-18-5-3-2-4-16(13)18/h2-7,10-11,24H,8-9,12H2,1H3,(H2,22,23,25). The smallest absolute Gasteiger partial charge is 0.191 e. The summed E-state index contributed by atoms with van der Waals surface area (Å²) in [5.41, 5.74) is 2.59. The van der Waals surface area contributed by atoms with E-state index in [1.165, 1.54) is 17.0 Å². The van der Waals surface area contributed by atoms with Crippen LogP contribution in [0.15, 0.2) is 53.7 Å². The fraction of sp³-hybridized carbons (Fsp3) is 0.211. The molecular weight excluding hydrogens is 322 g/mol. The van der Waals surface area contributed by atoms with E-state index in [0.29, 0.717) is 12.5 Å². The van der Waals surface area contributed by atoms with Crippen molar-refractivity contribution in [3.05, 3.63) is 71.4 Å². The number of guanidine groups is 1. The van der Waals surface area contributed by atoms with Crippen molar-refractivity contribution in [2.24, 2.45) is 4.99 Å². The Morgan fingerprint density at radius 2 is 1.92 bits per heavy atom. The van der Waals surface area contributed by atoms with Crippen LogP contribution in [0.25, 0.3) is 10.9 Å². The Morgan fingerprint density at radius 3 is 2.76 bits per heavy atom. The Hall–Kier alpha value is -2.89. The first-order valence-corrected chi connectivity index (χ1v) is 8.11. The predicted octanol–water partition coefficient (Wildman–Crippen LogP) is 3.35. The van der Waals surface area contributed by atoms with E-state index in [2.05, 4.69) is 26.7 Å². The number of nitrogens with one attached hydrogen (secondary N) is 3. The zero-order chi connectivity index (χ0) is 17.6. The highest BCUT2D eigenvalue weighted by atomic mass is 19.1. The number of fused-ring (bicyclic) bond motifs is 1. The van der Waals surface area contributed by atoms with Gasteiger partial charge in [-0.1, -0.05) is 18.2 Å². The highest BCUT2D eigenvalue weighted by Gasteiger charge is 2.06. The molecule has 1 heterocycles. The summed E-state index contributed by atoms with van der Waals surface area (Å²) >= 11 is 0. The van der Waals surface area contributed by atoms with Gasteiger partial charge in [0.15, 0.2) is 5.96 Å². The van der Waals surface area contributed by atoms with Gasteiger partial charge in [0, 0.05) is 42.8 Å². The lowest BCUT2D eigenvalue weighted by molar-refractivity contribution is 0.581. The molecule has 1 aromatic heterocycles. The van der Waals surface area contributed by atoms with Crippen LogP contribution >= 0.6 is 0 Å². The molecule has 0 aliphatic heterocycles. The molecule has 6 heteroatoms. The van der Waals surface area contributed by atoms with Gasteiger partial charge in [-0.15, -0.1) is 0 Å². The fourth-order valence-electron chi connectivity index (χ4n) is 2.73. The first-order chi connectivity index (χ1) is 12.2. The fourth-order valence-corrected chi connectivity index (χ4v) is 2.73. The summed E-state index contributed by atoms with van der Waals surface area (Å²) in [7, 11) is 1.64. The molecule has 0 amide bonds. The third-order valence-electron chi connectivity index (χ3n) is 4.04. The molecule has 0 atom stereocenters. The summed E-state index contributed by atoms with van der Waals surface area (Å²) in [6.07, 6.45) is 2.82. The average molecular weight is 342 g/mol. The maximum absolute atomic E-state index is 13.6. The lowest BCUT2D eigenvalue weighted by Crippen LogP contribution is -2.38. The molecule has 0 spiro atoms. The molecule has 0 radical (unpaired) electrons. The number of nitrogens with zero attached hydrogens (tertiary/aromatic N) is 1. The lowest BCUT2D eigenvalue weighted by Gasteiger charge is -2.12. The summed E-state index contributed by atoms with van der Waals surface area (Å²) < 4.78 is 26.8. The Kier molecular flexibility index (Phi) is 5.28. The van der Waals surface area contributed by atoms with Gasteiger partial charge in [0.25, 0.3) is 0 Å². The maximum atomic E-state index is 13.6. The minimum atomic E-state index is -0.458. The van der Waals surface area contributed by atoms with Gasteiger partial charge < -0.3 is 15.6 Å². The monoisotopic (exact) mass is 342 g/mol. The van der Waals surface area contributed by atoms with E-state index in [4.69, 9.17) is 0 Å². The van der Waals surface area contributed by atoms with E-state index in [9.17, 15) is 8.78 Å². The van der Waals surface area contributed by atoms with Gasteiger partial charge in [0.1, 0.15) is 11.6 Å². The van der Waals surface area contributed by atoms with E-state index in [1.807, 2.05) is 24.4 Å². The molecule has 3 aromatic rings. The van der Waals surface area contributed by atoms with Gasteiger partial charge in [0.05, 0.1) is 0 Å². The van der Waals surface area contributed by atoms with Crippen molar-refractivity contribution in [2.45, 2.75) is 13.0 Å². The summed E-state index contributed by atoms with van der Waals surface area (Å²) in [5.74, 6) is -0.355. The second-order valence-corrected chi connectivity index (χ2v) is 5.70. The number of hydrogen-bond donors (Lipinski definition) is 3. The highest BCUT2D eigenvalue weighted by Crippen LogP contribution is 2.17. The maximum Gasteiger partial charge on any atom is 0.191 e. The summed E-state index contributed by atoms with van der Waals surface area (Å²) in [6, 6.07) is 11.6. The number of hydrogen-bond acceptors (Lipinski definition) is 1. The molecule has 3 N–H and O–H groups in total. The van der Waals surface area contributed by atoms with E-state index in [0.717, 1.165) is 24.1 Å². The van der Waals surface area contributed by atoms with Crippen LogP contribution in [0, 0.1) is 11.6 Å². The number of benzene rings is 2. The topological polar surface area (TPSA) is 52.2 Å². The van der Waals surface area contributed by atoms with E-state index in [1.54, 1.807) is 7.05 Å². The van der Waals surface area contributed by atoms with Crippen LogP contribution in [0.5, 0.6) is 0 Å². The van der Waals surface area contributed by atoms with Crippen LogP contribution in [0.3, 0.4) is 0 Å². The Morgan fingerprint density at radius 1 is 1.08 bits per heavy atom. The van der Waals surface area contributed by atoms with Gasteiger partial charge in [-0.3, -0.25) is 4.99 Å². The second kappa shape index (κ2) is 7.79. The molecule has 0 aliphatic carbocycles. The number of aliphatic imine (C=N–C) groups is 1. The molecule has 2 aromatic carbocycles. The van der Waals surface area contributed by atoms with Crippen molar-refractivity contribution in [3.8, 4) is 0 Å². The third-order valence-corrected chi connectivity index (χ3v) is 4.04.